The second kappa shape index (κ2) is 12.9. The van der Waals surface area contributed by atoms with Gasteiger partial charge >= 0.3 is 0 Å². The summed E-state index contributed by atoms with van der Waals surface area (Å²) in [5.41, 5.74) is 14.0. The highest BCUT2D eigenvalue weighted by molar-refractivity contribution is 5.93. The van der Waals surface area contributed by atoms with Gasteiger partial charge in [0, 0.05) is 27.8 Å². The van der Waals surface area contributed by atoms with E-state index >= 15 is 0 Å². The molecule has 1 aliphatic heterocycles. The molecule has 0 saturated heterocycles. The molecular weight excluding hydrogens is 683 g/mol. The van der Waals surface area contributed by atoms with Crippen molar-refractivity contribution >= 4 is 0 Å². The van der Waals surface area contributed by atoms with Crippen molar-refractivity contribution in [1.29, 1.82) is 0 Å². The van der Waals surface area contributed by atoms with Crippen molar-refractivity contribution in [2.75, 3.05) is 0 Å². The summed E-state index contributed by atoms with van der Waals surface area (Å²) in [6, 6.07) is 70.2. The molecule has 0 saturated carbocycles. The van der Waals surface area contributed by atoms with Crippen LogP contribution in [0.25, 0.3) is 67.5 Å². The van der Waals surface area contributed by atoms with E-state index in [1.807, 2.05) is 60.7 Å². The topological polar surface area (TPSA) is 47.9 Å². The minimum Gasteiger partial charge on any atom is -0.457 e. The Kier molecular flexibility index (Phi) is 7.36. The first-order valence-electron chi connectivity index (χ1n) is 18.9. The Labute approximate surface area is 325 Å². The lowest BCUT2D eigenvalue weighted by atomic mass is 9.66. The molecule has 0 fully saturated rings. The van der Waals surface area contributed by atoms with Crippen LogP contribution in [0.2, 0.25) is 0 Å². The van der Waals surface area contributed by atoms with Crippen LogP contribution in [-0.4, -0.2) is 15.0 Å². The molecule has 4 heteroatoms. The lowest BCUT2D eigenvalue weighted by molar-refractivity contribution is 0.436. The molecule has 2 heterocycles. The fourth-order valence-corrected chi connectivity index (χ4v) is 8.84. The summed E-state index contributed by atoms with van der Waals surface area (Å²) in [6.45, 7) is 0. The molecule has 0 atom stereocenters. The first-order valence-corrected chi connectivity index (χ1v) is 18.9. The molecule has 2 aliphatic rings. The van der Waals surface area contributed by atoms with Gasteiger partial charge in [-0.25, -0.2) is 15.0 Å². The van der Waals surface area contributed by atoms with Gasteiger partial charge in [0.1, 0.15) is 11.5 Å². The molecule has 0 radical (unpaired) electrons. The second-order valence-electron chi connectivity index (χ2n) is 14.3. The zero-order valence-corrected chi connectivity index (χ0v) is 30.3. The van der Waals surface area contributed by atoms with E-state index in [1.54, 1.807) is 0 Å². The number of hydrogen-bond acceptors (Lipinski definition) is 4. The van der Waals surface area contributed by atoms with E-state index in [4.69, 9.17) is 19.7 Å². The molecule has 4 nitrogen and oxygen atoms in total. The summed E-state index contributed by atoms with van der Waals surface area (Å²) >= 11 is 0. The predicted octanol–water partition coefficient (Wildman–Crippen LogP) is 12.7. The molecule has 0 unspecified atom stereocenters. The highest BCUT2D eigenvalue weighted by Crippen LogP contribution is 2.62. The van der Waals surface area contributed by atoms with Crippen molar-refractivity contribution in [2.24, 2.45) is 0 Å². The molecule has 8 aromatic carbocycles. The van der Waals surface area contributed by atoms with Crippen molar-refractivity contribution in [3.05, 3.63) is 222 Å². The average molecular weight is 716 g/mol. The van der Waals surface area contributed by atoms with Gasteiger partial charge in [0.05, 0.1) is 5.41 Å². The predicted molar refractivity (Wildman–Crippen MR) is 224 cm³/mol. The molecule has 0 bridgehead atoms. The van der Waals surface area contributed by atoms with E-state index in [0.29, 0.717) is 17.5 Å². The Morgan fingerprint density at radius 1 is 0.286 bits per heavy atom. The normalized spacial score (nSPS) is 12.9. The van der Waals surface area contributed by atoms with E-state index in [9.17, 15) is 0 Å². The molecule has 56 heavy (non-hydrogen) atoms. The van der Waals surface area contributed by atoms with Crippen molar-refractivity contribution in [3.63, 3.8) is 0 Å². The number of benzene rings is 8. The van der Waals surface area contributed by atoms with Crippen LogP contribution in [0.1, 0.15) is 22.3 Å². The highest BCUT2D eigenvalue weighted by Gasteiger charge is 2.50. The Hall–Kier alpha value is -7.43. The van der Waals surface area contributed by atoms with Gasteiger partial charge in [-0.3, -0.25) is 0 Å². The molecule has 11 rings (SSSR count). The van der Waals surface area contributed by atoms with Crippen LogP contribution >= 0.6 is 0 Å². The van der Waals surface area contributed by atoms with Gasteiger partial charge in [-0.05, 0) is 56.6 Å². The monoisotopic (exact) mass is 715 g/mol. The summed E-state index contributed by atoms with van der Waals surface area (Å²) in [7, 11) is 0. The third-order valence-electron chi connectivity index (χ3n) is 11.2. The van der Waals surface area contributed by atoms with Crippen LogP contribution in [0, 0.1) is 0 Å². The van der Waals surface area contributed by atoms with Gasteiger partial charge in [-0.2, -0.15) is 0 Å². The fraction of sp³-hybridized carbons (Fsp3) is 0.0192. The van der Waals surface area contributed by atoms with Gasteiger partial charge < -0.3 is 4.74 Å². The Balaban J connectivity index is 1.09. The Bertz CT molecular complexity index is 2850. The first-order chi connectivity index (χ1) is 27.8. The zero-order valence-electron chi connectivity index (χ0n) is 30.3. The molecule has 0 N–H and O–H groups in total. The quantitative estimate of drug-likeness (QED) is 0.178. The van der Waals surface area contributed by atoms with E-state index in [-0.39, 0.29) is 0 Å². The molecular formula is C52H33N3O. The number of hydrogen-bond donors (Lipinski definition) is 0. The molecule has 262 valence electrons. The maximum absolute atomic E-state index is 6.88. The van der Waals surface area contributed by atoms with Gasteiger partial charge in [0.25, 0.3) is 0 Å². The average Bonchev–Trinajstić information content (AvgIpc) is 3.57. The van der Waals surface area contributed by atoms with Crippen LogP contribution < -0.4 is 4.74 Å². The van der Waals surface area contributed by atoms with Crippen LogP contribution in [0.4, 0.5) is 0 Å². The van der Waals surface area contributed by atoms with Crippen LogP contribution in [0.3, 0.4) is 0 Å². The largest absolute Gasteiger partial charge is 0.457 e. The standard InChI is InChI=1S/C52H33N3O/c1-3-17-34(18-4-1)49-53-50(35-19-5-2-6-20-35)55-51(54-49)42-26-10-9-23-39(42)38-22-8-7-21-37(38)36-31-32-46-48(33-36)56-47-30-16-15-29-45(47)52(46)43-27-13-11-24-40(43)41-25-12-14-28-44(41)52/h1-33H. The Morgan fingerprint density at radius 2 is 0.714 bits per heavy atom. The molecule has 1 spiro atoms. The van der Waals surface area contributed by atoms with Crippen molar-refractivity contribution in [2.45, 2.75) is 5.41 Å². The summed E-state index contributed by atoms with van der Waals surface area (Å²) in [5, 5.41) is 0. The fourth-order valence-electron chi connectivity index (χ4n) is 8.84. The number of rotatable bonds is 5. The van der Waals surface area contributed by atoms with Gasteiger partial charge in [-0.15, -0.1) is 0 Å². The van der Waals surface area contributed by atoms with Crippen LogP contribution in [-0.2, 0) is 5.41 Å². The minimum atomic E-state index is -0.506. The maximum Gasteiger partial charge on any atom is 0.164 e. The first kappa shape index (κ1) is 32.0. The molecule has 1 aromatic heterocycles. The Morgan fingerprint density at radius 3 is 1.32 bits per heavy atom. The van der Waals surface area contributed by atoms with Crippen molar-refractivity contribution in [3.8, 4) is 79.0 Å². The second-order valence-corrected chi connectivity index (χ2v) is 14.3. The summed E-state index contributed by atoms with van der Waals surface area (Å²) in [5.74, 6) is 3.62. The van der Waals surface area contributed by atoms with E-state index in [0.717, 1.165) is 61.6 Å². The summed E-state index contributed by atoms with van der Waals surface area (Å²) < 4.78 is 6.88. The van der Waals surface area contributed by atoms with Gasteiger partial charge in [-0.1, -0.05) is 188 Å². The minimum absolute atomic E-state index is 0.506. The zero-order chi connectivity index (χ0) is 37.1. The number of fused-ring (bicyclic) bond motifs is 9. The summed E-state index contributed by atoms with van der Waals surface area (Å²) in [6.07, 6.45) is 0. The maximum atomic E-state index is 6.88. The van der Waals surface area contributed by atoms with E-state index < -0.39 is 5.41 Å². The van der Waals surface area contributed by atoms with Crippen LogP contribution in [0.15, 0.2) is 200 Å². The molecule has 0 amide bonds. The van der Waals surface area contributed by atoms with E-state index in [1.165, 1.54) is 22.3 Å². The van der Waals surface area contributed by atoms with Crippen molar-refractivity contribution in [1.82, 2.24) is 15.0 Å². The summed E-state index contributed by atoms with van der Waals surface area (Å²) in [4.78, 5) is 15.2. The molecule has 9 aromatic rings. The number of para-hydroxylation sites is 1. The SMILES string of the molecule is c1ccc(-c2nc(-c3ccccc3)nc(-c3ccccc3-c3ccccc3-c3ccc4c(c3)Oc3ccccc3C43c4ccccc4-c4ccccc43)n2)cc1. The van der Waals surface area contributed by atoms with Gasteiger partial charge in [0.15, 0.2) is 17.5 Å². The van der Waals surface area contributed by atoms with Crippen molar-refractivity contribution < 1.29 is 4.74 Å². The molecule has 1 aliphatic carbocycles. The number of ether oxygens (including phenoxy) is 1. The smallest absolute Gasteiger partial charge is 0.164 e. The number of aromatic nitrogens is 3. The lowest BCUT2D eigenvalue weighted by Crippen LogP contribution is -2.32. The number of nitrogens with zero attached hydrogens (tertiary/aromatic N) is 3. The third kappa shape index (κ3) is 4.89. The third-order valence-corrected chi connectivity index (χ3v) is 11.2. The highest BCUT2D eigenvalue weighted by atomic mass is 16.5. The lowest BCUT2D eigenvalue weighted by Gasteiger charge is -2.39. The van der Waals surface area contributed by atoms with Crippen LogP contribution in [0.5, 0.6) is 11.5 Å². The van der Waals surface area contributed by atoms with E-state index in [2.05, 4.69) is 140 Å². The van der Waals surface area contributed by atoms with Gasteiger partial charge in [0.2, 0.25) is 0 Å².